The molecule has 3 aromatic rings. The number of carbonyl (C=O) groups excluding carboxylic acids is 1. The fraction of sp³-hybridized carbons (Fsp3) is 0.278. The highest BCUT2D eigenvalue weighted by molar-refractivity contribution is 7.99. The number of fused-ring (bicyclic) bond motifs is 1. The molecule has 0 fully saturated rings. The normalized spacial score (nSPS) is 11.3. The number of thiophene rings is 1. The Kier molecular flexibility index (Phi) is 6.18. The Morgan fingerprint density at radius 3 is 2.93 bits per heavy atom. The van der Waals surface area contributed by atoms with Crippen molar-refractivity contribution in [3.8, 4) is 0 Å². The van der Waals surface area contributed by atoms with Crippen LogP contribution >= 0.6 is 34.7 Å². The molecule has 0 aliphatic carbocycles. The molecule has 0 saturated carbocycles. The quantitative estimate of drug-likeness (QED) is 0.461. The molecule has 0 atom stereocenters. The summed E-state index contributed by atoms with van der Waals surface area (Å²) in [6.45, 7) is 4.54. The summed E-state index contributed by atoms with van der Waals surface area (Å²) < 4.78 is 15.5. The van der Waals surface area contributed by atoms with Crippen molar-refractivity contribution in [2.75, 3.05) is 11.1 Å². The van der Waals surface area contributed by atoms with E-state index in [-0.39, 0.29) is 33.8 Å². The van der Waals surface area contributed by atoms with Crippen molar-refractivity contribution in [3.05, 3.63) is 50.8 Å². The Labute approximate surface area is 168 Å². The molecular formula is C18H17ClFN3O2S2. The van der Waals surface area contributed by atoms with E-state index in [4.69, 9.17) is 11.6 Å². The molecule has 1 aromatic carbocycles. The number of hydrogen-bond donors (Lipinski definition) is 1. The van der Waals surface area contributed by atoms with E-state index in [2.05, 4.69) is 10.3 Å². The molecule has 142 valence electrons. The summed E-state index contributed by atoms with van der Waals surface area (Å²) in [4.78, 5) is 29.5. The lowest BCUT2D eigenvalue weighted by Crippen LogP contribution is -2.25. The Morgan fingerprint density at radius 2 is 2.19 bits per heavy atom. The molecule has 0 saturated heterocycles. The maximum absolute atomic E-state index is 13.3. The van der Waals surface area contributed by atoms with Gasteiger partial charge >= 0.3 is 0 Å². The van der Waals surface area contributed by atoms with Crippen LogP contribution in [0.2, 0.25) is 5.02 Å². The average molecular weight is 426 g/mol. The fourth-order valence-electron chi connectivity index (χ4n) is 2.47. The minimum absolute atomic E-state index is 0.0209. The lowest BCUT2D eigenvalue weighted by atomic mass is 10.2. The lowest BCUT2D eigenvalue weighted by molar-refractivity contribution is -0.113. The highest BCUT2D eigenvalue weighted by Gasteiger charge is 2.15. The van der Waals surface area contributed by atoms with Gasteiger partial charge in [-0.2, -0.15) is 0 Å². The maximum atomic E-state index is 13.3. The molecule has 0 aliphatic heterocycles. The molecule has 3 rings (SSSR count). The predicted octanol–water partition coefficient (Wildman–Crippen LogP) is 4.64. The van der Waals surface area contributed by atoms with Crippen LogP contribution in [0.3, 0.4) is 0 Å². The monoisotopic (exact) mass is 425 g/mol. The van der Waals surface area contributed by atoms with Crippen LogP contribution in [0.15, 0.2) is 39.6 Å². The number of hydrogen-bond acceptors (Lipinski definition) is 5. The molecule has 2 heterocycles. The molecule has 1 N–H and O–H groups in total. The second-order valence-electron chi connectivity index (χ2n) is 6.30. The van der Waals surface area contributed by atoms with Gasteiger partial charge in [0.15, 0.2) is 5.16 Å². The zero-order valence-electron chi connectivity index (χ0n) is 14.7. The summed E-state index contributed by atoms with van der Waals surface area (Å²) >= 11 is 8.49. The lowest BCUT2D eigenvalue weighted by Gasteiger charge is -2.14. The van der Waals surface area contributed by atoms with Crippen molar-refractivity contribution in [2.45, 2.75) is 25.5 Å². The average Bonchev–Trinajstić information content (AvgIpc) is 3.07. The van der Waals surface area contributed by atoms with E-state index >= 15 is 0 Å². The molecule has 0 radical (unpaired) electrons. The summed E-state index contributed by atoms with van der Waals surface area (Å²) in [6.07, 6.45) is 0. The van der Waals surface area contributed by atoms with Gasteiger partial charge < -0.3 is 5.32 Å². The summed E-state index contributed by atoms with van der Waals surface area (Å²) in [5.74, 6) is -0.574. The van der Waals surface area contributed by atoms with Gasteiger partial charge in [0, 0.05) is 6.54 Å². The minimum Gasteiger partial charge on any atom is -0.324 e. The number of benzene rings is 1. The van der Waals surface area contributed by atoms with Gasteiger partial charge in [-0.3, -0.25) is 14.2 Å². The number of nitrogens with one attached hydrogen (secondary N) is 1. The topological polar surface area (TPSA) is 64.0 Å². The zero-order chi connectivity index (χ0) is 19.6. The number of carbonyl (C=O) groups is 1. The molecule has 0 spiro atoms. The van der Waals surface area contributed by atoms with Gasteiger partial charge in [0.25, 0.3) is 5.56 Å². The third kappa shape index (κ3) is 4.69. The highest BCUT2D eigenvalue weighted by Crippen LogP contribution is 2.24. The Morgan fingerprint density at radius 1 is 1.41 bits per heavy atom. The Bertz CT molecular complexity index is 1050. The van der Waals surface area contributed by atoms with Crippen LogP contribution in [0.5, 0.6) is 0 Å². The van der Waals surface area contributed by atoms with Crippen LogP contribution in [0, 0.1) is 11.7 Å². The first kappa shape index (κ1) is 19.9. The number of amides is 1. The van der Waals surface area contributed by atoms with E-state index in [1.165, 1.54) is 35.2 Å². The van der Waals surface area contributed by atoms with Gasteiger partial charge in [-0.1, -0.05) is 37.2 Å². The molecule has 0 aliphatic rings. The van der Waals surface area contributed by atoms with Crippen molar-refractivity contribution in [3.63, 3.8) is 0 Å². The van der Waals surface area contributed by atoms with Crippen molar-refractivity contribution in [2.24, 2.45) is 5.92 Å². The van der Waals surface area contributed by atoms with Crippen LogP contribution < -0.4 is 10.9 Å². The first-order chi connectivity index (χ1) is 12.8. The maximum Gasteiger partial charge on any atom is 0.272 e. The van der Waals surface area contributed by atoms with Crippen molar-refractivity contribution in [1.82, 2.24) is 9.55 Å². The molecule has 2 aromatic heterocycles. The summed E-state index contributed by atoms with van der Waals surface area (Å²) in [7, 11) is 0. The molecule has 27 heavy (non-hydrogen) atoms. The van der Waals surface area contributed by atoms with E-state index in [9.17, 15) is 14.0 Å². The minimum atomic E-state index is -0.488. The van der Waals surface area contributed by atoms with Crippen LogP contribution in [0.25, 0.3) is 10.2 Å². The summed E-state index contributed by atoms with van der Waals surface area (Å²) in [6, 6.07) is 5.55. The Hall–Kier alpha value is -1.90. The molecule has 0 bridgehead atoms. The largest absolute Gasteiger partial charge is 0.324 e. The molecule has 1 amide bonds. The van der Waals surface area contributed by atoms with Gasteiger partial charge in [0.1, 0.15) is 10.5 Å². The first-order valence-corrected chi connectivity index (χ1v) is 10.4. The van der Waals surface area contributed by atoms with Crippen LogP contribution in [-0.2, 0) is 11.3 Å². The van der Waals surface area contributed by atoms with Crippen LogP contribution in [0.4, 0.5) is 10.1 Å². The van der Waals surface area contributed by atoms with Gasteiger partial charge in [-0.25, -0.2) is 9.37 Å². The fourth-order valence-corrected chi connectivity index (χ4v) is 4.22. The van der Waals surface area contributed by atoms with E-state index in [1.54, 1.807) is 10.6 Å². The van der Waals surface area contributed by atoms with Crippen molar-refractivity contribution < 1.29 is 9.18 Å². The molecule has 5 nitrogen and oxygen atoms in total. The van der Waals surface area contributed by atoms with E-state index in [0.717, 1.165) is 6.07 Å². The third-order valence-electron chi connectivity index (χ3n) is 3.61. The van der Waals surface area contributed by atoms with Crippen molar-refractivity contribution in [1.29, 1.82) is 0 Å². The van der Waals surface area contributed by atoms with Crippen molar-refractivity contribution >= 4 is 56.5 Å². The third-order valence-corrected chi connectivity index (χ3v) is 5.81. The van der Waals surface area contributed by atoms with Gasteiger partial charge in [0.05, 0.1) is 22.0 Å². The smallest absolute Gasteiger partial charge is 0.272 e. The molecule has 9 heteroatoms. The van der Waals surface area contributed by atoms with Crippen LogP contribution in [0.1, 0.15) is 13.8 Å². The number of thioether (sulfide) groups is 1. The van der Waals surface area contributed by atoms with Crippen LogP contribution in [-0.4, -0.2) is 21.2 Å². The van der Waals surface area contributed by atoms with Gasteiger partial charge in [-0.05, 0) is 35.6 Å². The number of anilines is 1. The summed E-state index contributed by atoms with van der Waals surface area (Å²) in [5.41, 5.74) is 0.740. The SMILES string of the molecule is CC(C)Cn1c(SCC(=O)Nc2cc(F)ccc2Cl)nc2ccsc2c1=O. The second kappa shape index (κ2) is 8.41. The van der Waals surface area contributed by atoms with E-state index in [0.29, 0.717) is 21.9 Å². The zero-order valence-corrected chi connectivity index (χ0v) is 17.1. The molecular weight excluding hydrogens is 409 g/mol. The second-order valence-corrected chi connectivity index (χ2v) is 8.57. The van der Waals surface area contributed by atoms with E-state index in [1.807, 2.05) is 19.2 Å². The summed E-state index contributed by atoms with van der Waals surface area (Å²) in [5, 5.41) is 5.15. The van der Waals surface area contributed by atoms with Gasteiger partial charge in [0.2, 0.25) is 5.91 Å². The standard InChI is InChI=1S/C18H17ClFN3O2S2/c1-10(2)8-23-17(25)16-13(5-6-26-16)22-18(23)27-9-15(24)21-14-7-11(20)3-4-12(14)19/h3-7,10H,8-9H2,1-2H3,(H,21,24). The number of rotatable bonds is 6. The number of aromatic nitrogens is 2. The number of halogens is 2. The van der Waals surface area contributed by atoms with Gasteiger partial charge in [-0.15, -0.1) is 11.3 Å². The highest BCUT2D eigenvalue weighted by atomic mass is 35.5. The van der Waals surface area contributed by atoms with E-state index < -0.39 is 5.82 Å². The predicted molar refractivity (Wildman–Crippen MR) is 109 cm³/mol. The molecule has 0 unspecified atom stereocenters. The Balaban J connectivity index is 1.80. The first-order valence-electron chi connectivity index (χ1n) is 8.21. The number of nitrogens with zero attached hydrogens (tertiary/aromatic N) is 2.